The third kappa shape index (κ3) is 3.43. The summed E-state index contributed by atoms with van der Waals surface area (Å²) in [6.07, 6.45) is 4.38. The molecule has 3 heterocycles. The fourth-order valence-electron chi connectivity index (χ4n) is 3.25. The van der Waals surface area contributed by atoms with Crippen LogP contribution in [-0.4, -0.2) is 52.6 Å². The van der Waals surface area contributed by atoms with Crippen molar-refractivity contribution in [2.45, 2.75) is 12.8 Å². The van der Waals surface area contributed by atoms with E-state index < -0.39 is 17.4 Å². The summed E-state index contributed by atoms with van der Waals surface area (Å²) in [5.41, 5.74) is -0.129. The van der Waals surface area contributed by atoms with Crippen LogP contribution in [0.5, 0.6) is 0 Å². The van der Waals surface area contributed by atoms with Crippen molar-refractivity contribution >= 4 is 34.8 Å². The molecule has 10 heteroatoms. The molecule has 0 spiro atoms. The van der Waals surface area contributed by atoms with E-state index in [9.17, 15) is 14.0 Å². The molecule has 1 fully saturated rings. The summed E-state index contributed by atoms with van der Waals surface area (Å²) >= 11 is 11.9. The Morgan fingerprint density at radius 2 is 2.00 bits per heavy atom. The van der Waals surface area contributed by atoms with Crippen LogP contribution in [0.1, 0.15) is 33.9 Å². The van der Waals surface area contributed by atoms with E-state index in [1.54, 1.807) is 0 Å². The second kappa shape index (κ2) is 7.62. The van der Waals surface area contributed by atoms with E-state index in [1.807, 2.05) is 0 Å². The molecular formula is C18H15Cl2FN4O3. The smallest absolute Gasteiger partial charge is 0.232 e. The Bertz CT molecular complexity index is 999. The minimum Gasteiger partial charge on any atom is -0.432 e. The zero-order valence-electron chi connectivity index (χ0n) is 14.6. The average Bonchev–Trinajstić information content (AvgIpc) is 3.33. The molecule has 0 atom stereocenters. The number of nitrogens with zero attached hydrogens (tertiary/aromatic N) is 3. The summed E-state index contributed by atoms with van der Waals surface area (Å²) in [5, 5.41) is 2.49. The number of hydrogen-bond donors (Lipinski definition) is 1. The van der Waals surface area contributed by atoms with Crippen LogP contribution in [0.15, 0.2) is 22.4 Å². The minimum absolute atomic E-state index is 0.109. The minimum atomic E-state index is -0.822. The maximum atomic E-state index is 13.7. The third-order valence-electron chi connectivity index (χ3n) is 4.67. The van der Waals surface area contributed by atoms with Crippen LogP contribution in [0.25, 0.3) is 11.5 Å². The van der Waals surface area contributed by atoms with E-state index in [0.717, 1.165) is 25.8 Å². The molecule has 0 unspecified atom stereocenters. The summed E-state index contributed by atoms with van der Waals surface area (Å²) < 4.78 is 19.1. The molecule has 2 aromatic heterocycles. The lowest BCUT2D eigenvalue weighted by Crippen LogP contribution is -2.33. The first-order chi connectivity index (χ1) is 13.5. The molecule has 2 aliphatic rings. The number of aromatic nitrogens is 2. The van der Waals surface area contributed by atoms with E-state index >= 15 is 0 Å². The number of fused-ring (bicyclic) bond motifs is 1. The van der Waals surface area contributed by atoms with Crippen LogP contribution in [0.4, 0.5) is 4.39 Å². The second-order valence-electron chi connectivity index (χ2n) is 6.51. The lowest BCUT2D eigenvalue weighted by Gasteiger charge is -2.17. The van der Waals surface area contributed by atoms with Gasteiger partial charge in [0.2, 0.25) is 23.2 Å². The van der Waals surface area contributed by atoms with Crippen molar-refractivity contribution in [2.75, 3.05) is 26.2 Å². The number of oxazole rings is 1. The molecule has 7 nitrogen and oxygen atoms in total. The molecule has 1 aliphatic heterocycles. The number of hydrogen-bond acceptors (Lipinski definition) is 7. The topological polar surface area (TPSA) is 88.3 Å². The lowest BCUT2D eigenvalue weighted by atomic mass is 10.0. The van der Waals surface area contributed by atoms with Gasteiger partial charge in [-0.3, -0.25) is 9.59 Å². The fraction of sp³-hybridized carbons (Fsp3) is 0.333. The number of pyridine rings is 1. The van der Waals surface area contributed by atoms with E-state index in [-0.39, 0.29) is 38.8 Å². The Hall–Kier alpha value is -2.29. The SMILES string of the molecule is O=C1C(NCCN2CCCC2)=CC(=O)c2oc(-c3c(Cl)ncc(F)c3Cl)nc21. The Balaban J connectivity index is 1.57. The number of ketones is 2. The van der Waals surface area contributed by atoms with Crippen LogP contribution in [-0.2, 0) is 0 Å². The highest BCUT2D eigenvalue weighted by Crippen LogP contribution is 2.36. The molecule has 0 saturated carbocycles. The molecule has 4 rings (SSSR count). The van der Waals surface area contributed by atoms with E-state index in [0.29, 0.717) is 6.54 Å². The van der Waals surface area contributed by atoms with Crippen molar-refractivity contribution in [3.05, 3.63) is 45.4 Å². The standard InChI is InChI=1S/C18H15Cl2FN4O3/c19-13-9(21)8-23-17(20)12(13)18-24-14-15(27)10(7-11(26)16(14)28-18)22-3-6-25-4-1-2-5-25/h7-8,22H,1-6H2. The van der Waals surface area contributed by atoms with Gasteiger partial charge in [0.05, 0.1) is 22.5 Å². The zero-order valence-corrected chi connectivity index (χ0v) is 16.1. The summed E-state index contributed by atoms with van der Waals surface area (Å²) in [5.74, 6) is -2.30. The van der Waals surface area contributed by atoms with E-state index in [2.05, 4.69) is 20.2 Å². The number of halogens is 3. The van der Waals surface area contributed by atoms with Gasteiger partial charge in [0.15, 0.2) is 11.5 Å². The number of nitrogens with one attached hydrogen (secondary N) is 1. The lowest BCUT2D eigenvalue weighted by molar-refractivity contribution is 0.0960. The summed E-state index contributed by atoms with van der Waals surface area (Å²) in [6.45, 7) is 3.37. The number of allylic oxidation sites excluding steroid dienone is 2. The van der Waals surface area contributed by atoms with Crippen LogP contribution in [0, 0.1) is 5.82 Å². The molecule has 2 aromatic rings. The fourth-order valence-corrected chi connectivity index (χ4v) is 3.74. The summed E-state index contributed by atoms with van der Waals surface area (Å²) in [7, 11) is 0. The number of likely N-dealkylation sites (tertiary alicyclic amines) is 1. The highest BCUT2D eigenvalue weighted by atomic mass is 35.5. The predicted molar refractivity (Wildman–Crippen MR) is 100 cm³/mol. The monoisotopic (exact) mass is 424 g/mol. The van der Waals surface area contributed by atoms with Crippen molar-refractivity contribution in [1.82, 2.24) is 20.2 Å². The van der Waals surface area contributed by atoms with Crippen molar-refractivity contribution < 1.29 is 18.4 Å². The molecule has 0 aromatic carbocycles. The van der Waals surface area contributed by atoms with Gasteiger partial charge in [-0.05, 0) is 25.9 Å². The van der Waals surface area contributed by atoms with Crippen molar-refractivity contribution in [1.29, 1.82) is 0 Å². The molecule has 28 heavy (non-hydrogen) atoms. The summed E-state index contributed by atoms with van der Waals surface area (Å²) in [6, 6.07) is 0. The van der Waals surface area contributed by atoms with Crippen LogP contribution < -0.4 is 5.32 Å². The van der Waals surface area contributed by atoms with Gasteiger partial charge in [0, 0.05) is 19.2 Å². The molecule has 1 aliphatic carbocycles. The first-order valence-electron chi connectivity index (χ1n) is 8.73. The quantitative estimate of drug-likeness (QED) is 0.737. The second-order valence-corrected chi connectivity index (χ2v) is 7.25. The normalized spacial score (nSPS) is 17.0. The molecule has 0 radical (unpaired) electrons. The van der Waals surface area contributed by atoms with Crippen LogP contribution in [0.2, 0.25) is 10.2 Å². The Labute approximate surface area is 169 Å². The van der Waals surface area contributed by atoms with Crippen molar-refractivity contribution in [2.24, 2.45) is 0 Å². The van der Waals surface area contributed by atoms with Crippen molar-refractivity contribution in [3.63, 3.8) is 0 Å². The molecule has 0 amide bonds. The Morgan fingerprint density at radius 3 is 2.75 bits per heavy atom. The number of carbonyl (C=O) groups is 2. The van der Waals surface area contributed by atoms with Crippen molar-refractivity contribution in [3.8, 4) is 11.5 Å². The van der Waals surface area contributed by atoms with E-state index in [4.69, 9.17) is 27.6 Å². The maximum Gasteiger partial charge on any atom is 0.232 e. The first kappa shape index (κ1) is 19.0. The first-order valence-corrected chi connectivity index (χ1v) is 9.49. The molecule has 1 N–H and O–H groups in total. The highest BCUT2D eigenvalue weighted by Gasteiger charge is 2.33. The highest BCUT2D eigenvalue weighted by molar-refractivity contribution is 6.38. The Morgan fingerprint density at radius 1 is 1.25 bits per heavy atom. The molecular weight excluding hydrogens is 410 g/mol. The van der Waals surface area contributed by atoms with Gasteiger partial charge in [-0.15, -0.1) is 0 Å². The van der Waals surface area contributed by atoms with Gasteiger partial charge < -0.3 is 14.6 Å². The molecule has 146 valence electrons. The zero-order chi connectivity index (χ0) is 19.8. The van der Waals surface area contributed by atoms with Crippen LogP contribution in [0.3, 0.4) is 0 Å². The number of Topliss-reactive ketones (excluding diaryl/α,β-unsaturated/α-hetero) is 1. The van der Waals surface area contributed by atoms with Gasteiger partial charge in [-0.2, -0.15) is 0 Å². The number of carbonyl (C=O) groups excluding carboxylic acids is 2. The third-order valence-corrected chi connectivity index (χ3v) is 5.32. The number of rotatable bonds is 5. The largest absolute Gasteiger partial charge is 0.432 e. The van der Waals surface area contributed by atoms with Crippen LogP contribution >= 0.6 is 23.2 Å². The van der Waals surface area contributed by atoms with Gasteiger partial charge in [-0.1, -0.05) is 23.2 Å². The van der Waals surface area contributed by atoms with E-state index in [1.165, 1.54) is 18.9 Å². The van der Waals surface area contributed by atoms with Gasteiger partial charge in [0.25, 0.3) is 0 Å². The molecule has 1 saturated heterocycles. The van der Waals surface area contributed by atoms with Gasteiger partial charge >= 0.3 is 0 Å². The Kier molecular flexibility index (Phi) is 5.18. The average molecular weight is 425 g/mol. The molecule has 0 bridgehead atoms. The van der Waals surface area contributed by atoms with Gasteiger partial charge in [0.1, 0.15) is 5.15 Å². The van der Waals surface area contributed by atoms with Gasteiger partial charge in [-0.25, -0.2) is 14.4 Å². The maximum absolute atomic E-state index is 13.7. The predicted octanol–water partition coefficient (Wildman–Crippen LogP) is 3.13. The summed E-state index contributed by atoms with van der Waals surface area (Å²) in [4.78, 5) is 35.1.